The van der Waals surface area contributed by atoms with E-state index in [2.05, 4.69) is 0 Å². The molecule has 0 radical (unpaired) electrons. The number of carbonyl (C=O) groups is 2. The lowest BCUT2D eigenvalue weighted by Gasteiger charge is -2.34. The van der Waals surface area contributed by atoms with Crippen molar-refractivity contribution in [2.24, 2.45) is 0 Å². The second-order valence-electron chi connectivity index (χ2n) is 3.11. The molecular weight excluding hydrogens is 170 g/mol. The molecule has 0 unspecified atom stereocenters. The van der Waals surface area contributed by atoms with E-state index in [1.807, 2.05) is 13.8 Å². The summed E-state index contributed by atoms with van der Waals surface area (Å²) >= 11 is 0. The van der Waals surface area contributed by atoms with Gasteiger partial charge in [0.05, 0.1) is 0 Å². The minimum absolute atomic E-state index is 0.330. The van der Waals surface area contributed by atoms with Gasteiger partial charge in [-0.2, -0.15) is 0 Å². The maximum atomic E-state index is 11.2. The van der Waals surface area contributed by atoms with Crippen LogP contribution in [0.25, 0.3) is 0 Å². The molecule has 0 bridgehead atoms. The van der Waals surface area contributed by atoms with Crippen molar-refractivity contribution in [3.63, 3.8) is 0 Å². The van der Waals surface area contributed by atoms with Gasteiger partial charge < -0.3 is 5.11 Å². The van der Waals surface area contributed by atoms with Gasteiger partial charge in [-0.1, -0.05) is 13.8 Å². The predicted molar refractivity (Wildman–Crippen MR) is 49.6 cm³/mol. The standard InChI is InChI=1S/C9H17NO3/c1-5-10(6-2)9(4,7(3)11)8(12)13/h5-6H2,1-4H3,(H,12,13)/t9-/m1/s1. The van der Waals surface area contributed by atoms with Crippen LogP contribution in [0.3, 0.4) is 0 Å². The van der Waals surface area contributed by atoms with Gasteiger partial charge in [0.2, 0.25) is 0 Å². The van der Waals surface area contributed by atoms with Crippen LogP contribution in [0.2, 0.25) is 0 Å². The fraction of sp³-hybridized carbons (Fsp3) is 0.778. The molecule has 0 saturated heterocycles. The molecule has 0 rings (SSSR count). The van der Waals surface area contributed by atoms with Crippen LogP contribution in [0.5, 0.6) is 0 Å². The molecule has 0 aromatic heterocycles. The Balaban J connectivity index is 4.98. The zero-order valence-electron chi connectivity index (χ0n) is 8.63. The molecule has 0 heterocycles. The third kappa shape index (κ3) is 2.06. The number of ketones is 1. The third-order valence-electron chi connectivity index (χ3n) is 2.50. The Kier molecular flexibility index (Phi) is 4.07. The molecule has 0 aliphatic carbocycles. The average Bonchev–Trinajstić information content (AvgIpc) is 2.05. The minimum atomic E-state index is -1.37. The third-order valence-corrected chi connectivity index (χ3v) is 2.50. The van der Waals surface area contributed by atoms with Gasteiger partial charge in [0, 0.05) is 0 Å². The van der Waals surface area contributed by atoms with Crippen LogP contribution in [0.1, 0.15) is 27.7 Å². The summed E-state index contributed by atoms with van der Waals surface area (Å²) in [6.45, 7) is 7.55. The lowest BCUT2D eigenvalue weighted by Crippen LogP contribution is -2.57. The highest BCUT2D eigenvalue weighted by molar-refractivity contribution is 6.06. The second kappa shape index (κ2) is 4.37. The Hall–Kier alpha value is -0.900. The summed E-state index contributed by atoms with van der Waals surface area (Å²) in [7, 11) is 0. The molecule has 0 fully saturated rings. The molecule has 1 atom stereocenters. The van der Waals surface area contributed by atoms with Gasteiger partial charge in [-0.3, -0.25) is 9.69 Å². The maximum absolute atomic E-state index is 11.2. The average molecular weight is 187 g/mol. The molecule has 0 aromatic carbocycles. The van der Waals surface area contributed by atoms with Gasteiger partial charge in [0.25, 0.3) is 0 Å². The zero-order chi connectivity index (χ0) is 10.6. The van der Waals surface area contributed by atoms with Crippen LogP contribution >= 0.6 is 0 Å². The van der Waals surface area contributed by atoms with Crippen molar-refractivity contribution in [1.29, 1.82) is 0 Å². The minimum Gasteiger partial charge on any atom is -0.480 e. The van der Waals surface area contributed by atoms with Crippen LogP contribution < -0.4 is 0 Å². The highest BCUT2D eigenvalue weighted by atomic mass is 16.4. The number of carboxylic acids is 1. The van der Waals surface area contributed by atoms with E-state index in [1.54, 1.807) is 4.90 Å². The summed E-state index contributed by atoms with van der Waals surface area (Å²) in [5, 5.41) is 8.97. The van der Waals surface area contributed by atoms with E-state index in [0.717, 1.165) is 0 Å². The normalized spacial score (nSPS) is 15.5. The van der Waals surface area contributed by atoms with Crippen molar-refractivity contribution in [1.82, 2.24) is 4.90 Å². The summed E-state index contributed by atoms with van der Waals surface area (Å²) in [5.74, 6) is -1.41. The lowest BCUT2D eigenvalue weighted by molar-refractivity contribution is -0.155. The summed E-state index contributed by atoms with van der Waals surface area (Å²) < 4.78 is 0. The number of hydrogen-bond acceptors (Lipinski definition) is 3. The molecular formula is C9H17NO3. The summed E-state index contributed by atoms with van der Waals surface area (Å²) in [6, 6.07) is 0. The van der Waals surface area contributed by atoms with Crippen molar-refractivity contribution in [3.05, 3.63) is 0 Å². The quantitative estimate of drug-likeness (QED) is 0.645. The first-order chi connectivity index (χ1) is 5.91. The molecule has 0 aromatic rings. The van der Waals surface area contributed by atoms with Gasteiger partial charge in [-0.25, -0.2) is 4.79 Å². The number of aliphatic carboxylic acids is 1. The first-order valence-electron chi connectivity index (χ1n) is 4.40. The highest BCUT2D eigenvalue weighted by Gasteiger charge is 2.42. The Morgan fingerprint density at radius 2 is 1.69 bits per heavy atom. The first kappa shape index (κ1) is 12.1. The van der Waals surface area contributed by atoms with Gasteiger partial charge in [-0.05, 0) is 26.9 Å². The second-order valence-corrected chi connectivity index (χ2v) is 3.11. The van der Waals surface area contributed by atoms with E-state index in [4.69, 9.17) is 5.11 Å². The number of rotatable bonds is 5. The highest BCUT2D eigenvalue weighted by Crippen LogP contribution is 2.16. The monoisotopic (exact) mass is 187 g/mol. The summed E-state index contributed by atoms with van der Waals surface area (Å²) in [5.41, 5.74) is -1.37. The molecule has 4 nitrogen and oxygen atoms in total. The van der Waals surface area contributed by atoms with E-state index in [0.29, 0.717) is 13.1 Å². The van der Waals surface area contributed by atoms with Gasteiger partial charge in [0.15, 0.2) is 11.3 Å². The predicted octanol–water partition coefficient (Wildman–Crippen LogP) is 0.760. The van der Waals surface area contributed by atoms with Gasteiger partial charge in [-0.15, -0.1) is 0 Å². The van der Waals surface area contributed by atoms with Gasteiger partial charge in [0.1, 0.15) is 0 Å². The SMILES string of the molecule is CCN(CC)[C@](C)(C(C)=O)C(=O)O. The maximum Gasteiger partial charge on any atom is 0.331 e. The Morgan fingerprint density at radius 3 is 1.77 bits per heavy atom. The topological polar surface area (TPSA) is 57.6 Å². The van der Waals surface area contributed by atoms with Crippen molar-refractivity contribution >= 4 is 11.8 Å². The number of carbonyl (C=O) groups excluding carboxylic acids is 1. The molecule has 0 spiro atoms. The smallest absolute Gasteiger partial charge is 0.331 e. The number of carboxylic acid groups (broad SMARTS) is 1. The van der Waals surface area contributed by atoms with E-state index < -0.39 is 11.5 Å². The molecule has 0 aliphatic heterocycles. The molecule has 13 heavy (non-hydrogen) atoms. The van der Waals surface area contributed by atoms with E-state index >= 15 is 0 Å². The number of Topliss-reactive ketones (excluding diaryl/α,β-unsaturated/α-hetero) is 1. The molecule has 76 valence electrons. The van der Waals surface area contributed by atoms with Crippen molar-refractivity contribution in [3.8, 4) is 0 Å². The van der Waals surface area contributed by atoms with Crippen LogP contribution in [-0.4, -0.2) is 40.4 Å². The number of hydrogen-bond donors (Lipinski definition) is 1. The fourth-order valence-electron chi connectivity index (χ4n) is 1.36. The van der Waals surface area contributed by atoms with E-state index in [9.17, 15) is 9.59 Å². The first-order valence-corrected chi connectivity index (χ1v) is 4.40. The zero-order valence-corrected chi connectivity index (χ0v) is 8.63. The van der Waals surface area contributed by atoms with Crippen molar-refractivity contribution in [2.45, 2.75) is 33.2 Å². The van der Waals surface area contributed by atoms with Crippen LogP contribution in [0, 0.1) is 0 Å². The molecule has 0 saturated carbocycles. The van der Waals surface area contributed by atoms with Crippen LogP contribution in [0.15, 0.2) is 0 Å². The molecule has 0 aliphatic rings. The molecule has 1 N–H and O–H groups in total. The molecule has 4 heteroatoms. The summed E-state index contributed by atoms with van der Waals surface area (Å²) in [6.07, 6.45) is 0. The number of likely N-dealkylation sites (N-methyl/N-ethyl adjacent to an activating group) is 1. The van der Waals surface area contributed by atoms with Crippen LogP contribution in [0.4, 0.5) is 0 Å². The van der Waals surface area contributed by atoms with E-state index in [1.165, 1.54) is 13.8 Å². The summed E-state index contributed by atoms with van der Waals surface area (Å²) in [4.78, 5) is 23.8. The Bertz CT molecular complexity index is 195. The number of nitrogens with zero attached hydrogens (tertiary/aromatic N) is 1. The Morgan fingerprint density at radius 1 is 1.31 bits per heavy atom. The van der Waals surface area contributed by atoms with Gasteiger partial charge >= 0.3 is 5.97 Å². The van der Waals surface area contributed by atoms with E-state index in [-0.39, 0.29) is 5.78 Å². The van der Waals surface area contributed by atoms with Crippen molar-refractivity contribution in [2.75, 3.05) is 13.1 Å². The fourth-order valence-corrected chi connectivity index (χ4v) is 1.36. The van der Waals surface area contributed by atoms with Crippen LogP contribution in [-0.2, 0) is 9.59 Å². The Labute approximate surface area is 78.5 Å². The lowest BCUT2D eigenvalue weighted by atomic mass is 9.95. The molecule has 0 amide bonds. The largest absolute Gasteiger partial charge is 0.480 e. The van der Waals surface area contributed by atoms with Crippen molar-refractivity contribution < 1.29 is 14.7 Å².